The smallest absolute Gasteiger partial charge is 0.312 e. The number of aromatic amines is 1. The minimum Gasteiger partial charge on any atom is -0.312 e. The fourth-order valence-electron chi connectivity index (χ4n) is 1.04. The van der Waals surface area contributed by atoms with Crippen molar-refractivity contribution < 1.29 is 0 Å². The van der Waals surface area contributed by atoms with E-state index in [4.69, 9.17) is 0 Å². The van der Waals surface area contributed by atoms with Crippen molar-refractivity contribution in [2.75, 3.05) is 0 Å². The Morgan fingerprint density at radius 3 is 3.00 bits per heavy atom. The van der Waals surface area contributed by atoms with Crippen molar-refractivity contribution in [3.05, 3.63) is 45.7 Å². The van der Waals surface area contributed by atoms with Gasteiger partial charge in [-0.1, -0.05) is 0 Å². The highest BCUT2D eigenvalue weighted by Crippen LogP contribution is 2.15. The molecule has 0 aliphatic rings. The van der Waals surface area contributed by atoms with E-state index in [-0.39, 0.29) is 5.69 Å². The van der Waals surface area contributed by atoms with Crippen molar-refractivity contribution in [2.45, 2.75) is 0 Å². The van der Waals surface area contributed by atoms with Crippen molar-refractivity contribution in [3.8, 4) is 5.82 Å². The lowest BCUT2D eigenvalue weighted by Crippen LogP contribution is -2.15. The van der Waals surface area contributed by atoms with Crippen molar-refractivity contribution in [1.29, 1.82) is 0 Å². The minimum atomic E-state index is -0.195. The van der Waals surface area contributed by atoms with E-state index in [1.165, 1.54) is 4.57 Å². The molecule has 0 saturated carbocycles. The van der Waals surface area contributed by atoms with E-state index >= 15 is 0 Å². The molecule has 0 radical (unpaired) electrons. The van der Waals surface area contributed by atoms with Crippen molar-refractivity contribution in [1.82, 2.24) is 14.5 Å². The van der Waals surface area contributed by atoms with Crippen LogP contribution in [0.25, 0.3) is 5.82 Å². The van der Waals surface area contributed by atoms with Crippen molar-refractivity contribution >= 4 is 15.9 Å². The van der Waals surface area contributed by atoms with E-state index in [0.29, 0.717) is 5.82 Å². The number of hydrogen-bond donors (Lipinski definition) is 1. The Bertz CT molecular complexity index is 474. The normalized spacial score (nSPS) is 10.2. The molecule has 0 aromatic carbocycles. The highest BCUT2D eigenvalue weighted by Gasteiger charge is 2.04. The third-order valence-electron chi connectivity index (χ3n) is 1.62. The van der Waals surface area contributed by atoms with Gasteiger partial charge >= 0.3 is 5.69 Å². The highest BCUT2D eigenvalue weighted by molar-refractivity contribution is 9.10. The Morgan fingerprint density at radius 1 is 1.54 bits per heavy atom. The zero-order valence-electron chi connectivity index (χ0n) is 6.57. The first-order chi connectivity index (χ1) is 6.29. The average molecular weight is 240 g/mol. The molecule has 0 unspecified atom stereocenters. The van der Waals surface area contributed by atoms with Gasteiger partial charge in [0.15, 0.2) is 5.82 Å². The van der Waals surface area contributed by atoms with Crippen LogP contribution in [0.3, 0.4) is 0 Å². The number of nitrogens with one attached hydrogen (secondary N) is 1. The van der Waals surface area contributed by atoms with Gasteiger partial charge in [-0.15, -0.1) is 0 Å². The monoisotopic (exact) mass is 239 g/mol. The molecule has 66 valence electrons. The predicted molar refractivity (Wildman–Crippen MR) is 51.9 cm³/mol. The fourth-order valence-corrected chi connectivity index (χ4v) is 1.49. The molecule has 2 rings (SSSR count). The van der Waals surface area contributed by atoms with Crippen LogP contribution >= 0.6 is 15.9 Å². The van der Waals surface area contributed by atoms with Crippen LogP contribution in [0.4, 0.5) is 0 Å². The van der Waals surface area contributed by atoms with E-state index in [0.717, 1.165) is 4.47 Å². The molecule has 2 heterocycles. The van der Waals surface area contributed by atoms with Gasteiger partial charge < -0.3 is 4.98 Å². The van der Waals surface area contributed by atoms with Crippen LogP contribution in [0, 0.1) is 0 Å². The Kier molecular flexibility index (Phi) is 2.02. The molecule has 0 aliphatic heterocycles. The molecule has 1 N–H and O–H groups in total. The molecule has 2 aromatic heterocycles. The van der Waals surface area contributed by atoms with Gasteiger partial charge in [-0.3, -0.25) is 4.57 Å². The Balaban J connectivity index is 2.66. The van der Waals surface area contributed by atoms with Gasteiger partial charge in [0.05, 0.1) is 4.47 Å². The molecular weight excluding hydrogens is 234 g/mol. The first-order valence-corrected chi connectivity index (χ1v) is 4.45. The number of nitrogens with zero attached hydrogens (tertiary/aromatic N) is 2. The summed E-state index contributed by atoms with van der Waals surface area (Å²) < 4.78 is 2.22. The zero-order chi connectivity index (χ0) is 9.26. The molecule has 0 saturated heterocycles. The van der Waals surface area contributed by atoms with Gasteiger partial charge in [-0.2, -0.15) is 0 Å². The third-order valence-corrected chi connectivity index (χ3v) is 2.24. The number of rotatable bonds is 1. The van der Waals surface area contributed by atoms with Crippen LogP contribution in [0.2, 0.25) is 0 Å². The molecule has 13 heavy (non-hydrogen) atoms. The quantitative estimate of drug-likeness (QED) is 0.817. The van der Waals surface area contributed by atoms with Gasteiger partial charge in [0.2, 0.25) is 0 Å². The summed E-state index contributed by atoms with van der Waals surface area (Å²) in [6.07, 6.45) is 4.85. The maximum Gasteiger partial charge on any atom is 0.331 e. The number of aromatic nitrogens is 3. The second-order valence-electron chi connectivity index (χ2n) is 2.44. The summed E-state index contributed by atoms with van der Waals surface area (Å²) in [6.45, 7) is 0. The molecule has 4 nitrogen and oxygen atoms in total. The Morgan fingerprint density at radius 2 is 2.38 bits per heavy atom. The summed E-state index contributed by atoms with van der Waals surface area (Å²) in [4.78, 5) is 17.8. The lowest BCUT2D eigenvalue weighted by Gasteiger charge is -2.00. The molecule has 5 heteroatoms. The van der Waals surface area contributed by atoms with Gasteiger partial charge in [0.1, 0.15) is 0 Å². The lowest BCUT2D eigenvalue weighted by atomic mass is 10.4. The summed E-state index contributed by atoms with van der Waals surface area (Å²) in [7, 11) is 0. The van der Waals surface area contributed by atoms with Crippen LogP contribution in [0.5, 0.6) is 0 Å². The second-order valence-corrected chi connectivity index (χ2v) is 3.30. The Hall–Kier alpha value is -1.36. The van der Waals surface area contributed by atoms with E-state index in [1.54, 1.807) is 24.7 Å². The fraction of sp³-hybridized carbons (Fsp3) is 0. The van der Waals surface area contributed by atoms with Gasteiger partial charge in [0, 0.05) is 18.6 Å². The number of H-pyrrole nitrogens is 1. The van der Waals surface area contributed by atoms with Crippen molar-refractivity contribution in [3.63, 3.8) is 0 Å². The maximum absolute atomic E-state index is 11.2. The molecule has 0 spiro atoms. The SMILES string of the molecule is O=c1[nH]ccn1-c1ncccc1Br. The third kappa shape index (κ3) is 1.42. The topological polar surface area (TPSA) is 50.7 Å². The average Bonchev–Trinajstić information content (AvgIpc) is 2.52. The van der Waals surface area contributed by atoms with Gasteiger partial charge in [-0.05, 0) is 28.1 Å². The Labute approximate surface area is 82.4 Å². The summed E-state index contributed by atoms with van der Waals surface area (Å²) in [5.74, 6) is 0.591. The van der Waals surface area contributed by atoms with E-state index in [9.17, 15) is 4.79 Å². The predicted octanol–water partition coefficient (Wildman–Crippen LogP) is 1.32. The maximum atomic E-state index is 11.2. The van der Waals surface area contributed by atoms with Crippen LogP contribution in [-0.4, -0.2) is 14.5 Å². The number of pyridine rings is 1. The number of imidazole rings is 1. The second kappa shape index (κ2) is 3.18. The van der Waals surface area contributed by atoms with Crippen molar-refractivity contribution in [2.24, 2.45) is 0 Å². The zero-order valence-corrected chi connectivity index (χ0v) is 8.15. The van der Waals surface area contributed by atoms with Crippen LogP contribution in [0.15, 0.2) is 40.0 Å². The molecule has 0 fully saturated rings. The van der Waals surface area contributed by atoms with Crippen LogP contribution in [0.1, 0.15) is 0 Å². The first-order valence-electron chi connectivity index (χ1n) is 3.66. The summed E-state index contributed by atoms with van der Waals surface area (Å²) >= 11 is 3.32. The minimum absolute atomic E-state index is 0.195. The van der Waals surface area contributed by atoms with Gasteiger partial charge in [0.25, 0.3) is 0 Å². The van der Waals surface area contributed by atoms with Gasteiger partial charge in [-0.25, -0.2) is 9.78 Å². The molecule has 0 aliphatic carbocycles. The summed E-state index contributed by atoms with van der Waals surface area (Å²) in [5, 5.41) is 0. The number of hydrogen-bond acceptors (Lipinski definition) is 2. The molecule has 2 aromatic rings. The highest BCUT2D eigenvalue weighted by atomic mass is 79.9. The molecule has 0 amide bonds. The summed E-state index contributed by atoms with van der Waals surface area (Å²) in [6, 6.07) is 3.63. The molecule has 0 bridgehead atoms. The standard InChI is InChI=1S/C8H6BrN3O/c9-6-2-1-3-10-7(6)12-5-4-11-8(12)13/h1-5H,(H,11,13). The van der Waals surface area contributed by atoms with E-state index < -0.39 is 0 Å². The summed E-state index contributed by atoms with van der Waals surface area (Å²) in [5.41, 5.74) is -0.195. The van der Waals surface area contributed by atoms with Crippen LogP contribution in [-0.2, 0) is 0 Å². The number of halogens is 1. The molecular formula is C8H6BrN3O. The van der Waals surface area contributed by atoms with E-state index in [1.807, 2.05) is 6.07 Å². The van der Waals surface area contributed by atoms with Crippen LogP contribution < -0.4 is 5.69 Å². The van der Waals surface area contributed by atoms with E-state index in [2.05, 4.69) is 25.9 Å². The lowest BCUT2D eigenvalue weighted by molar-refractivity contribution is 0.933. The molecule has 0 atom stereocenters. The first kappa shape index (κ1) is 8.25. The largest absolute Gasteiger partial charge is 0.331 e.